The van der Waals surface area contributed by atoms with Gasteiger partial charge in [-0.15, -0.1) is 0 Å². The van der Waals surface area contributed by atoms with Crippen molar-refractivity contribution in [2.75, 3.05) is 41.0 Å². The minimum Gasteiger partial charge on any atom is -0.444 e. The summed E-state index contributed by atoms with van der Waals surface area (Å²) in [4.78, 5) is 30.4. The number of nitriles is 1. The van der Waals surface area contributed by atoms with Crippen LogP contribution in [0.25, 0.3) is 5.65 Å². The second-order valence-corrected chi connectivity index (χ2v) is 10.2. The molecule has 4 N–H and O–H groups in total. The largest absolute Gasteiger partial charge is 0.444 e. The van der Waals surface area contributed by atoms with Crippen molar-refractivity contribution in [1.29, 1.82) is 5.26 Å². The predicted molar refractivity (Wildman–Crippen MR) is 146 cm³/mol. The first kappa shape index (κ1) is 26.5. The van der Waals surface area contributed by atoms with E-state index in [1.807, 2.05) is 57.0 Å². The third-order valence-corrected chi connectivity index (χ3v) is 5.63. The first-order valence-electron chi connectivity index (χ1n) is 12.4. The lowest BCUT2D eigenvalue weighted by Crippen LogP contribution is -2.37. The summed E-state index contributed by atoms with van der Waals surface area (Å²) in [7, 11) is 1.87. The zero-order valence-electron chi connectivity index (χ0n) is 22.3. The average molecular weight is 520 g/mol. The zero-order valence-corrected chi connectivity index (χ0v) is 22.3. The van der Waals surface area contributed by atoms with Gasteiger partial charge in [-0.3, -0.25) is 4.79 Å². The van der Waals surface area contributed by atoms with Gasteiger partial charge >= 0.3 is 6.09 Å². The predicted octanol–water partition coefficient (Wildman–Crippen LogP) is 3.84. The summed E-state index contributed by atoms with van der Waals surface area (Å²) < 4.78 is 6.91. The van der Waals surface area contributed by atoms with Crippen molar-refractivity contribution >= 4 is 46.3 Å². The van der Waals surface area contributed by atoms with Gasteiger partial charge in [0.05, 0.1) is 17.6 Å². The van der Waals surface area contributed by atoms with Crippen LogP contribution in [0.15, 0.2) is 30.5 Å². The molecule has 3 aromatic rings. The van der Waals surface area contributed by atoms with Crippen LogP contribution in [0.4, 0.5) is 33.5 Å². The van der Waals surface area contributed by atoms with Crippen LogP contribution in [0.5, 0.6) is 0 Å². The smallest absolute Gasteiger partial charge is 0.407 e. The van der Waals surface area contributed by atoms with E-state index in [-0.39, 0.29) is 5.91 Å². The fourth-order valence-corrected chi connectivity index (χ4v) is 3.79. The van der Waals surface area contributed by atoms with Gasteiger partial charge in [-0.2, -0.15) is 14.9 Å². The molecule has 0 saturated heterocycles. The molecule has 0 bridgehead atoms. The van der Waals surface area contributed by atoms with E-state index in [9.17, 15) is 14.9 Å². The van der Waals surface area contributed by atoms with Gasteiger partial charge in [0, 0.05) is 44.9 Å². The van der Waals surface area contributed by atoms with Gasteiger partial charge in [0.1, 0.15) is 28.9 Å². The van der Waals surface area contributed by atoms with Gasteiger partial charge in [-0.1, -0.05) is 0 Å². The maximum atomic E-state index is 11.9. The van der Waals surface area contributed by atoms with Gasteiger partial charge in [0.25, 0.3) is 0 Å². The highest BCUT2D eigenvalue weighted by molar-refractivity contribution is 5.94. The van der Waals surface area contributed by atoms with Crippen molar-refractivity contribution in [3.8, 4) is 6.07 Å². The Labute approximate surface area is 221 Å². The summed E-state index contributed by atoms with van der Waals surface area (Å²) in [6, 6.07) is 9.93. The van der Waals surface area contributed by atoms with Crippen LogP contribution in [0.3, 0.4) is 0 Å². The normalized spacial score (nSPS) is 12.9. The van der Waals surface area contributed by atoms with Gasteiger partial charge in [0.15, 0.2) is 5.65 Å². The molecule has 0 spiro atoms. The number of hydrogen-bond acceptors (Lipinski definition) is 9. The molecule has 0 radical (unpaired) electrons. The summed E-state index contributed by atoms with van der Waals surface area (Å²) in [5, 5.41) is 26.1. The number of alkyl carbamates (subject to hydrolysis) is 1. The highest BCUT2D eigenvalue weighted by Gasteiger charge is 2.23. The van der Waals surface area contributed by atoms with Crippen molar-refractivity contribution in [3.63, 3.8) is 0 Å². The monoisotopic (exact) mass is 519 g/mol. The van der Waals surface area contributed by atoms with Crippen LogP contribution >= 0.6 is 0 Å². The average Bonchev–Trinajstić information content (AvgIpc) is 3.53. The third kappa shape index (κ3) is 6.82. The Morgan fingerprint density at radius 1 is 1.26 bits per heavy atom. The SMILES string of the molecule is CC(=O)Nc1cc(Nc2cc(NC3CC3)n3ncc(C#N)c3n2)ccc1N(C)CCNC(=O)OC(C)(C)C. The van der Waals surface area contributed by atoms with E-state index >= 15 is 0 Å². The Morgan fingerprint density at radius 2 is 2.03 bits per heavy atom. The molecule has 0 unspecified atom stereocenters. The molecule has 1 aliphatic rings. The summed E-state index contributed by atoms with van der Waals surface area (Å²) in [5.74, 6) is 1.07. The lowest BCUT2D eigenvalue weighted by atomic mass is 10.2. The van der Waals surface area contributed by atoms with E-state index in [1.54, 1.807) is 4.52 Å². The van der Waals surface area contributed by atoms with Crippen molar-refractivity contribution in [2.24, 2.45) is 0 Å². The number of carbonyl (C=O) groups excluding carboxylic acids is 2. The molecule has 4 rings (SSSR count). The zero-order chi connectivity index (χ0) is 27.4. The van der Waals surface area contributed by atoms with Crippen LogP contribution in [-0.4, -0.2) is 58.4 Å². The summed E-state index contributed by atoms with van der Waals surface area (Å²) >= 11 is 0. The Balaban J connectivity index is 1.53. The second-order valence-electron chi connectivity index (χ2n) is 10.2. The Bertz CT molecular complexity index is 1380. The van der Waals surface area contributed by atoms with E-state index in [1.165, 1.54) is 13.1 Å². The number of rotatable bonds is 9. The first-order chi connectivity index (χ1) is 18.0. The number of anilines is 5. The Kier molecular flexibility index (Phi) is 7.57. The molecule has 1 aliphatic carbocycles. The van der Waals surface area contributed by atoms with E-state index in [0.717, 1.165) is 24.3 Å². The molecule has 12 heteroatoms. The molecule has 1 fully saturated rings. The molecule has 0 atom stereocenters. The van der Waals surface area contributed by atoms with Crippen molar-refractivity contribution in [3.05, 3.63) is 36.0 Å². The van der Waals surface area contributed by atoms with E-state index in [2.05, 4.69) is 37.4 Å². The Hall–Kier alpha value is -4.53. The molecule has 2 amide bonds. The number of aromatic nitrogens is 3. The molecule has 1 aromatic carbocycles. The second kappa shape index (κ2) is 10.8. The molecule has 38 heavy (non-hydrogen) atoms. The molecule has 2 heterocycles. The molecule has 2 aromatic heterocycles. The lowest BCUT2D eigenvalue weighted by molar-refractivity contribution is -0.114. The van der Waals surface area contributed by atoms with Crippen LogP contribution in [0, 0.1) is 11.3 Å². The standard InChI is InChI=1S/C26H33N9O3/c1-16(36)30-20-12-19(8-9-21(20)34(5)11-10-28-25(37)38-26(2,3)4)31-22-13-23(32-18-6-7-18)35-24(33-22)17(14-27)15-29-35/h8-9,12-13,15,18,32H,6-7,10-11H2,1-5H3,(H,28,37)(H,30,36)(H,31,33). The fraction of sp³-hybridized carbons (Fsp3) is 0.423. The number of benzene rings is 1. The van der Waals surface area contributed by atoms with Gasteiger partial charge in [-0.25, -0.2) is 9.78 Å². The molecule has 0 aliphatic heterocycles. The van der Waals surface area contributed by atoms with Gasteiger partial charge < -0.3 is 30.9 Å². The number of amides is 2. The summed E-state index contributed by atoms with van der Waals surface area (Å²) in [6.45, 7) is 7.73. The molecule has 200 valence electrons. The summed E-state index contributed by atoms with van der Waals surface area (Å²) in [5.41, 5.74) is 2.34. The number of fused-ring (bicyclic) bond motifs is 1. The number of nitrogens with zero attached hydrogens (tertiary/aromatic N) is 5. The minimum atomic E-state index is -0.570. The number of nitrogens with one attached hydrogen (secondary N) is 4. The Morgan fingerprint density at radius 3 is 2.68 bits per heavy atom. The van der Waals surface area contributed by atoms with Crippen LogP contribution < -0.4 is 26.2 Å². The van der Waals surface area contributed by atoms with Crippen molar-refractivity contribution in [1.82, 2.24) is 19.9 Å². The quantitative estimate of drug-likeness (QED) is 0.331. The van der Waals surface area contributed by atoms with Crippen LogP contribution in [0.1, 0.15) is 46.1 Å². The number of hydrogen-bond donors (Lipinski definition) is 4. The van der Waals surface area contributed by atoms with Crippen molar-refractivity contribution in [2.45, 2.75) is 52.2 Å². The van der Waals surface area contributed by atoms with E-state index < -0.39 is 11.7 Å². The van der Waals surface area contributed by atoms with E-state index in [4.69, 9.17) is 4.74 Å². The topological polar surface area (TPSA) is 149 Å². The fourth-order valence-electron chi connectivity index (χ4n) is 3.79. The maximum absolute atomic E-state index is 11.9. The molecule has 12 nitrogen and oxygen atoms in total. The van der Waals surface area contributed by atoms with Gasteiger partial charge in [0.2, 0.25) is 5.91 Å². The maximum Gasteiger partial charge on any atom is 0.407 e. The molecular weight excluding hydrogens is 486 g/mol. The lowest BCUT2D eigenvalue weighted by Gasteiger charge is -2.24. The minimum absolute atomic E-state index is 0.211. The first-order valence-corrected chi connectivity index (χ1v) is 12.4. The number of likely N-dealkylation sites (N-methyl/N-ethyl adjacent to an activating group) is 1. The van der Waals surface area contributed by atoms with Gasteiger partial charge in [-0.05, 0) is 51.8 Å². The molecule has 1 saturated carbocycles. The highest BCUT2D eigenvalue weighted by Crippen LogP contribution is 2.31. The van der Waals surface area contributed by atoms with Crippen molar-refractivity contribution < 1.29 is 14.3 Å². The third-order valence-electron chi connectivity index (χ3n) is 5.63. The number of ether oxygens (including phenoxy) is 1. The summed E-state index contributed by atoms with van der Waals surface area (Å²) in [6.07, 6.45) is 3.19. The van der Waals surface area contributed by atoms with Crippen LogP contribution in [-0.2, 0) is 9.53 Å². The van der Waals surface area contributed by atoms with E-state index in [0.29, 0.717) is 47.5 Å². The molecular formula is C26H33N9O3. The number of carbonyl (C=O) groups is 2. The highest BCUT2D eigenvalue weighted by atomic mass is 16.6. The van der Waals surface area contributed by atoms with Crippen LogP contribution in [0.2, 0.25) is 0 Å².